The molecule has 2 aliphatic rings. The minimum absolute atomic E-state index is 0.0206. The molecule has 1 unspecified atom stereocenters. The van der Waals surface area contributed by atoms with Crippen LogP contribution in [0.25, 0.3) is 0 Å². The summed E-state index contributed by atoms with van der Waals surface area (Å²) in [6, 6.07) is 12.6. The Balaban J connectivity index is 1.39. The Morgan fingerprint density at radius 3 is 2.60 bits per heavy atom. The van der Waals surface area contributed by atoms with Crippen LogP contribution in [0.1, 0.15) is 36.2 Å². The lowest BCUT2D eigenvalue weighted by Crippen LogP contribution is -2.49. The standard InChI is InChI=1S/C26H32N4O4S/c1-2-34-25(32)22-21(28-26(33)29-23(22)18-7-4-3-5-8-18)17-30-14-11-19(12-15-30)24(31)27-13-10-20-9-6-16-35-20/h3-9,16,19,23H,2,10-15,17H2,1H3,(H,27,31)(H2,28,29,33). The summed E-state index contributed by atoms with van der Waals surface area (Å²) >= 11 is 1.70. The van der Waals surface area contributed by atoms with E-state index in [1.54, 1.807) is 18.3 Å². The van der Waals surface area contributed by atoms with Crippen LogP contribution in [-0.4, -0.2) is 55.6 Å². The van der Waals surface area contributed by atoms with E-state index >= 15 is 0 Å². The zero-order chi connectivity index (χ0) is 24.6. The number of esters is 1. The molecule has 0 aliphatic carbocycles. The first-order chi connectivity index (χ1) is 17.0. The van der Waals surface area contributed by atoms with Crippen molar-refractivity contribution >= 4 is 29.2 Å². The van der Waals surface area contributed by atoms with Gasteiger partial charge in [0, 0.05) is 29.6 Å². The third-order valence-corrected chi connectivity index (χ3v) is 7.31. The van der Waals surface area contributed by atoms with Gasteiger partial charge in [-0.2, -0.15) is 0 Å². The smallest absolute Gasteiger partial charge is 0.338 e. The number of carbonyl (C=O) groups is 3. The maximum Gasteiger partial charge on any atom is 0.338 e. The Bertz CT molecular complexity index is 1050. The molecule has 0 spiro atoms. The molecule has 3 N–H and O–H groups in total. The van der Waals surface area contributed by atoms with Gasteiger partial charge in [0.05, 0.1) is 18.2 Å². The molecule has 1 aromatic carbocycles. The number of likely N-dealkylation sites (tertiary alicyclic amines) is 1. The largest absolute Gasteiger partial charge is 0.463 e. The quantitative estimate of drug-likeness (QED) is 0.464. The van der Waals surface area contributed by atoms with Crippen LogP contribution in [0.15, 0.2) is 59.1 Å². The van der Waals surface area contributed by atoms with Gasteiger partial charge < -0.3 is 20.7 Å². The molecule has 3 amide bonds. The Hall–Kier alpha value is -3.17. The first-order valence-corrected chi connectivity index (χ1v) is 13.0. The summed E-state index contributed by atoms with van der Waals surface area (Å²) in [7, 11) is 0. The number of carbonyl (C=O) groups excluding carboxylic acids is 3. The van der Waals surface area contributed by atoms with Crippen molar-refractivity contribution in [2.24, 2.45) is 5.92 Å². The highest BCUT2D eigenvalue weighted by Crippen LogP contribution is 2.29. The molecule has 2 aromatic rings. The molecule has 4 rings (SSSR count). The Labute approximate surface area is 209 Å². The summed E-state index contributed by atoms with van der Waals surface area (Å²) < 4.78 is 5.34. The lowest BCUT2D eigenvalue weighted by Gasteiger charge is -2.35. The van der Waals surface area contributed by atoms with Crippen molar-refractivity contribution in [2.75, 3.05) is 32.8 Å². The number of urea groups is 1. The summed E-state index contributed by atoms with van der Waals surface area (Å²) in [6.07, 6.45) is 2.33. The van der Waals surface area contributed by atoms with E-state index in [-0.39, 0.29) is 24.5 Å². The summed E-state index contributed by atoms with van der Waals surface area (Å²) in [5.74, 6) is -0.358. The zero-order valence-corrected chi connectivity index (χ0v) is 20.7. The number of hydrogen-bond acceptors (Lipinski definition) is 6. The van der Waals surface area contributed by atoms with Gasteiger partial charge in [-0.3, -0.25) is 9.69 Å². The molecule has 0 saturated carbocycles. The number of thiophene rings is 1. The third kappa shape index (κ3) is 6.49. The van der Waals surface area contributed by atoms with Gasteiger partial charge in [0.25, 0.3) is 0 Å². The maximum atomic E-state index is 12.9. The molecule has 9 heteroatoms. The molecule has 1 fully saturated rings. The predicted molar refractivity (Wildman–Crippen MR) is 135 cm³/mol. The molecule has 1 aromatic heterocycles. The maximum absolute atomic E-state index is 12.9. The highest BCUT2D eigenvalue weighted by molar-refractivity contribution is 7.09. The van der Waals surface area contributed by atoms with Gasteiger partial charge in [0.2, 0.25) is 5.91 Å². The molecular weight excluding hydrogens is 464 g/mol. The highest BCUT2D eigenvalue weighted by Gasteiger charge is 2.35. The van der Waals surface area contributed by atoms with Crippen molar-refractivity contribution in [1.29, 1.82) is 0 Å². The van der Waals surface area contributed by atoms with Crippen molar-refractivity contribution in [3.63, 3.8) is 0 Å². The van der Waals surface area contributed by atoms with Crippen molar-refractivity contribution in [3.8, 4) is 0 Å². The van der Waals surface area contributed by atoms with Gasteiger partial charge in [-0.1, -0.05) is 36.4 Å². The Morgan fingerprint density at radius 1 is 1.14 bits per heavy atom. The molecule has 35 heavy (non-hydrogen) atoms. The predicted octanol–water partition coefficient (Wildman–Crippen LogP) is 2.99. The summed E-state index contributed by atoms with van der Waals surface area (Å²) in [5, 5.41) is 10.8. The number of amides is 3. The summed E-state index contributed by atoms with van der Waals surface area (Å²) in [5.41, 5.74) is 1.80. The second-order valence-corrected chi connectivity index (χ2v) is 9.76. The van der Waals surface area contributed by atoms with Crippen molar-refractivity contribution in [2.45, 2.75) is 32.2 Å². The second kappa shape index (κ2) is 12.0. The number of rotatable bonds is 9. The fraction of sp³-hybridized carbons (Fsp3) is 0.423. The number of nitrogens with one attached hydrogen (secondary N) is 3. The molecule has 0 radical (unpaired) electrons. The number of piperidine rings is 1. The Morgan fingerprint density at radius 2 is 1.91 bits per heavy atom. The van der Waals surface area contributed by atoms with Crippen LogP contribution < -0.4 is 16.0 Å². The number of ether oxygens (including phenoxy) is 1. The van der Waals surface area contributed by atoms with Crippen molar-refractivity contribution < 1.29 is 19.1 Å². The molecule has 8 nitrogen and oxygen atoms in total. The average Bonchev–Trinajstić information content (AvgIpc) is 3.38. The van der Waals surface area contributed by atoms with Crippen molar-refractivity contribution in [3.05, 3.63) is 69.6 Å². The van der Waals surface area contributed by atoms with Crippen molar-refractivity contribution in [1.82, 2.24) is 20.9 Å². The van der Waals surface area contributed by atoms with Gasteiger partial charge in [-0.25, -0.2) is 9.59 Å². The lowest BCUT2D eigenvalue weighted by atomic mass is 9.93. The normalized spacial score (nSPS) is 19.1. The van der Waals surface area contributed by atoms with Crippen LogP contribution in [0.4, 0.5) is 4.79 Å². The van der Waals surface area contributed by atoms with Gasteiger partial charge in [-0.05, 0) is 56.3 Å². The number of nitrogens with zero attached hydrogens (tertiary/aromatic N) is 1. The van der Waals surface area contributed by atoms with Gasteiger partial charge in [0.1, 0.15) is 0 Å². The van der Waals surface area contributed by atoms with E-state index in [2.05, 4.69) is 26.9 Å². The monoisotopic (exact) mass is 496 g/mol. The number of hydrogen-bond donors (Lipinski definition) is 3. The molecule has 1 atom stereocenters. The fourth-order valence-corrected chi connectivity index (χ4v) is 5.28. The second-order valence-electron chi connectivity index (χ2n) is 8.73. The van der Waals surface area contributed by atoms with Gasteiger partial charge in [-0.15, -0.1) is 11.3 Å². The lowest BCUT2D eigenvalue weighted by molar-refractivity contribution is -0.139. The fourth-order valence-electron chi connectivity index (χ4n) is 4.57. The topological polar surface area (TPSA) is 99.8 Å². The highest BCUT2D eigenvalue weighted by atomic mass is 32.1. The molecule has 186 valence electrons. The summed E-state index contributed by atoms with van der Waals surface area (Å²) in [4.78, 5) is 41.5. The summed E-state index contributed by atoms with van der Waals surface area (Å²) in [6.45, 7) is 4.50. The van der Waals surface area contributed by atoms with Crippen LogP contribution in [0.2, 0.25) is 0 Å². The molecular formula is C26H32N4O4S. The molecule has 1 saturated heterocycles. The minimum atomic E-state index is -0.578. The molecule has 3 heterocycles. The van der Waals surface area contributed by atoms with Crippen LogP contribution in [0, 0.1) is 5.92 Å². The van der Waals surface area contributed by atoms with E-state index < -0.39 is 12.0 Å². The molecule has 0 bridgehead atoms. The molecule has 2 aliphatic heterocycles. The van der Waals surface area contributed by atoms with E-state index in [9.17, 15) is 14.4 Å². The van der Waals surface area contributed by atoms with Gasteiger partial charge in [0.15, 0.2) is 0 Å². The van der Waals surface area contributed by atoms with Gasteiger partial charge >= 0.3 is 12.0 Å². The first-order valence-electron chi connectivity index (χ1n) is 12.1. The Kier molecular flexibility index (Phi) is 8.54. The van der Waals surface area contributed by atoms with E-state index in [4.69, 9.17) is 4.74 Å². The zero-order valence-electron chi connectivity index (χ0n) is 19.9. The first kappa shape index (κ1) is 24.9. The van der Waals surface area contributed by atoms with Crippen LogP contribution in [0.5, 0.6) is 0 Å². The van der Waals surface area contributed by atoms with E-state index in [1.165, 1.54) is 4.88 Å². The third-order valence-electron chi connectivity index (χ3n) is 6.37. The van der Waals surface area contributed by atoms with Crippen LogP contribution in [0.3, 0.4) is 0 Å². The van der Waals surface area contributed by atoms with E-state index in [1.807, 2.05) is 41.8 Å². The van der Waals surface area contributed by atoms with E-state index in [0.717, 1.165) is 24.8 Å². The van der Waals surface area contributed by atoms with Crippen LogP contribution >= 0.6 is 11.3 Å². The van der Waals surface area contributed by atoms with Crippen LogP contribution in [-0.2, 0) is 20.7 Å². The van der Waals surface area contributed by atoms with E-state index in [0.29, 0.717) is 37.4 Å². The minimum Gasteiger partial charge on any atom is -0.463 e. The SMILES string of the molecule is CCOC(=O)C1=C(CN2CCC(C(=O)NCCc3cccs3)CC2)NC(=O)NC1c1ccccc1. The number of benzene rings is 1. The average molecular weight is 497 g/mol.